The van der Waals surface area contributed by atoms with E-state index in [0.717, 1.165) is 41.6 Å². The summed E-state index contributed by atoms with van der Waals surface area (Å²) >= 11 is 0. The predicted octanol–water partition coefficient (Wildman–Crippen LogP) is 1.86. The van der Waals surface area contributed by atoms with Crippen molar-refractivity contribution >= 4 is 22.8 Å². The first-order valence-corrected chi connectivity index (χ1v) is 6.59. The fraction of sp³-hybridized carbons (Fsp3) is 0.538. The minimum atomic E-state index is 0.783. The number of nitrogens with one attached hydrogen (secondary N) is 1. The van der Waals surface area contributed by atoms with Gasteiger partial charge in [-0.1, -0.05) is 0 Å². The molecule has 1 aliphatic rings. The van der Waals surface area contributed by atoms with Crippen molar-refractivity contribution in [2.24, 2.45) is 0 Å². The van der Waals surface area contributed by atoms with Crippen LogP contribution in [0.5, 0.6) is 0 Å². The number of rotatable bonds is 3. The molecule has 1 fully saturated rings. The summed E-state index contributed by atoms with van der Waals surface area (Å²) in [4.78, 5) is 20.1. The van der Waals surface area contributed by atoms with Gasteiger partial charge in [0.2, 0.25) is 5.95 Å². The molecule has 1 aliphatic heterocycles. The second-order valence-corrected chi connectivity index (χ2v) is 4.94. The molecule has 0 spiro atoms. The average Bonchev–Trinajstić information content (AvgIpc) is 3.03. The molecule has 0 unspecified atom stereocenters. The molecule has 0 aromatic carbocycles. The summed E-state index contributed by atoms with van der Waals surface area (Å²) in [5.74, 6) is 1.59. The Kier molecular flexibility index (Phi) is 3.02. The van der Waals surface area contributed by atoms with Crippen molar-refractivity contribution < 1.29 is 4.84 Å². The zero-order valence-electron chi connectivity index (χ0n) is 11.6. The zero-order valence-corrected chi connectivity index (χ0v) is 11.6. The van der Waals surface area contributed by atoms with E-state index in [1.165, 1.54) is 12.8 Å². The molecule has 0 aliphatic carbocycles. The van der Waals surface area contributed by atoms with Crippen molar-refractivity contribution in [3.63, 3.8) is 0 Å². The number of anilines is 2. The number of nitrogens with zero attached hydrogens (tertiary/aromatic N) is 4. The van der Waals surface area contributed by atoms with Crippen molar-refractivity contribution in [3.8, 4) is 0 Å². The Labute approximate surface area is 112 Å². The summed E-state index contributed by atoms with van der Waals surface area (Å²) in [5, 5.41) is 2.67. The lowest BCUT2D eigenvalue weighted by molar-refractivity contribution is 0.183. The molecule has 102 valence electrons. The van der Waals surface area contributed by atoms with Crippen LogP contribution in [0, 0.1) is 6.92 Å². The molecule has 19 heavy (non-hydrogen) atoms. The van der Waals surface area contributed by atoms with E-state index in [1.54, 1.807) is 12.2 Å². The molecule has 0 saturated carbocycles. The second kappa shape index (κ2) is 4.70. The van der Waals surface area contributed by atoms with Gasteiger partial charge in [0.1, 0.15) is 5.65 Å². The molecule has 0 radical (unpaired) electrons. The van der Waals surface area contributed by atoms with E-state index in [9.17, 15) is 0 Å². The Bertz CT molecular complexity index is 588. The maximum Gasteiger partial charge on any atom is 0.229 e. The van der Waals surface area contributed by atoms with Crippen molar-refractivity contribution in [1.82, 2.24) is 15.0 Å². The van der Waals surface area contributed by atoms with Gasteiger partial charge in [-0.25, -0.2) is 5.06 Å². The minimum Gasteiger partial charge on any atom is -0.343 e. The Morgan fingerprint density at radius 2 is 2.05 bits per heavy atom. The first-order valence-electron chi connectivity index (χ1n) is 6.59. The molecule has 3 heterocycles. The SMILES string of the molecule is CON(C)c1nc(N2CCCC2)nc2[nH]c(C)cc12. The smallest absolute Gasteiger partial charge is 0.229 e. The molecule has 0 bridgehead atoms. The van der Waals surface area contributed by atoms with Gasteiger partial charge in [-0.15, -0.1) is 0 Å². The van der Waals surface area contributed by atoms with E-state index in [2.05, 4.69) is 19.9 Å². The number of hydrogen-bond donors (Lipinski definition) is 1. The zero-order chi connectivity index (χ0) is 13.4. The first-order chi connectivity index (χ1) is 9.19. The molecular formula is C13H19N5O. The molecule has 6 heteroatoms. The van der Waals surface area contributed by atoms with Crippen molar-refractivity contribution in [3.05, 3.63) is 11.8 Å². The van der Waals surface area contributed by atoms with Gasteiger partial charge < -0.3 is 9.88 Å². The Morgan fingerprint density at radius 1 is 1.32 bits per heavy atom. The third-order valence-electron chi connectivity index (χ3n) is 3.55. The molecule has 1 saturated heterocycles. The predicted molar refractivity (Wildman–Crippen MR) is 75.5 cm³/mol. The van der Waals surface area contributed by atoms with Crippen LogP contribution < -0.4 is 9.96 Å². The van der Waals surface area contributed by atoms with Crippen LogP contribution in [-0.2, 0) is 4.84 Å². The monoisotopic (exact) mass is 261 g/mol. The standard InChI is InChI=1S/C13H19N5O/c1-9-8-10-11(14-9)15-13(18-6-4-5-7-18)16-12(10)17(2)19-3/h8H,4-7H2,1-3H3,(H,14,15,16). The van der Waals surface area contributed by atoms with E-state index >= 15 is 0 Å². The van der Waals surface area contributed by atoms with Gasteiger partial charge in [0.25, 0.3) is 0 Å². The molecule has 2 aromatic rings. The summed E-state index contributed by atoms with van der Waals surface area (Å²) in [6.45, 7) is 4.08. The van der Waals surface area contributed by atoms with Crippen LogP contribution in [-0.4, -0.2) is 42.2 Å². The average molecular weight is 261 g/mol. The number of aromatic amines is 1. The van der Waals surface area contributed by atoms with Crippen molar-refractivity contribution in [2.75, 3.05) is 37.2 Å². The highest BCUT2D eigenvalue weighted by Crippen LogP contribution is 2.27. The highest BCUT2D eigenvalue weighted by Gasteiger charge is 2.19. The van der Waals surface area contributed by atoms with Crippen LogP contribution in [0.25, 0.3) is 11.0 Å². The molecule has 0 amide bonds. The van der Waals surface area contributed by atoms with Crippen molar-refractivity contribution in [2.45, 2.75) is 19.8 Å². The fourth-order valence-electron chi connectivity index (χ4n) is 2.50. The number of aryl methyl sites for hydroxylation is 1. The minimum absolute atomic E-state index is 0.783. The lowest BCUT2D eigenvalue weighted by Gasteiger charge is -2.20. The van der Waals surface area contributed by atoms with Gasteiger partial charge in [0.15, 0.2) is 5.82 Å². The second-order valence-electron chi connectivity index (χ2n) is 4.94. The number of H-pyrrole nitrogens is 1. The third kappa shape index (κ3) is 2.12. The largest absolute Gasteiger partial charge is 0.343 e. The Balaban J connectivity index is 2.13. The number of fused-ring (bicyclic) bond motifs is 1. The number of hydrogen-bond acceptors (Lipinski definition) is 5. The summed E-state index contributed by atoms with van der Waals surface area (Å²) in [6.07, 6.45) is 2.42. The van der Waals surface area contributed by atoms with Gasteiger partial charge in [0.05, 0.1) is 12.5 Å². The molecule has 0 atom stereocenters. The highest BCUT2D eigenvalue weighted by atomic mass is 16.7. The molecule has 2 aromatic heterocycles. The Morgan fingerprint density at radius 3 is 2.74 bits per heavy atom. The summed E-state index contributed by atoms with van der Waals surface area (Å²) in [6, 6.07) is 2.05. The third-order valence-corrected chi connectivity index (χ3v) is 3.55. The maximum atomic E-state index is 5.28. The van der Waals surface area contributed by atoms with E-state index < -0.39 is 0 Å². The van der Waals surface area contributed by atoms with Crippen LogP contribution in [0.4, 0.5) is 11.8 Å². The number of aromatic nitrogens is 3. The van der Waals surface area contributed by atoms with Crippen molar-refractivity contribution in [1.29, 1.82) is 0 Å². The maximum absolute atomic E-state index is 5.28. The molecule has 6 nitrogen and oxygen atoms in total. The normalized spacial score (nSPS) is 15.4. The lowest BCUT2D eigenvalue weighted by atomic mass is 10.3. The van der Waals surface area contributed by atoms with Gasteiger partial charge in [-0.05, 0) is 25.8 Å². The molecule has 1 N–H and O–H groups in total. The quantitative estimate of drug-likeness (QED) is 0.855. The van der Waals surface area contributed by atoms with Gasteiger partial charge in [-0.2, -0.15) is 9.97 Å². The summed E-state index contributed by atoms with van der Waals surface area (Å²) in [5.41, 5.74) is 1.95. The molecule has 3 rings (SSSR count). The van der Waals surface area contributed by atoms with Crippen LogP contribution in [0.15, 0.2) is 6.07 Å². The van der Waals surface area contributed by atoms with E-state index in [1.807, 2.05) is 20.0 Å². The van der Waals surface area contributed by atoms with Crippen LogP contribution in [0.2, 0.25) is 0 Å². The summed E-state index contributed by atoms with van der Waals surface area (Å²) in [7, 11) is 3.50. The van der Waals surface area contributed by atoms with Gasteiger partial charge in [0, 0.05) is 25.8 Å². The van der Waals surface area contributed by atoms with Crippen LogP contribution in [0.3, 0.4) is 0 Å². The van der Waals surface area contributed by atoms with E-state index in [-0.39, 0.29) is 0 Å². The van der Waals surface area contributed by atoms with Crippen LogP contribution in [0.1, 0.15) is 18.5 Å². The van der Waals surface area contributed by atoms with Gasteiger partial charge in [-0.3, -0.25) is 4.84 Å². The van der Waals surface area contributed by atoms with E-state index in [4.69, 9.17) is 4.84 Å². The van der Waals surface area contributed by atoms with Crippen LogP contribution >= 0.6 is 0 Å². The number of hydroxylamine groups is 1. The lowest BCUT2D eigenvalue weighted by Crippen LogP contribution is -2.23. The van der Waals surface area contributed by atoms with Gasteiger partial charge >= 0.3 is 0 Å². The van der Waals surface area contributed by atoms with E-state index in [0.29, 0.717) is 0 Å². The Hall–Kier alpha value is -1.82. The summed E-state index contributed by atoms with van der Waals surface area (Å²) < 4.78 is 0. The first kappa shape index (κ1) is 12.2. The molecular weight excluding hydrogens is 242 g/mol. The highest BCUT2D eigenvalue weighted by molar-refractivity contribution is 5.89. The topological polar surface area (TPSA) is 57.3 Å². The fourth-order valence-corrected chi connectivity index (χ4v) is 2.50.